The third-order valence-electron chi connectivity index (χ3n) is 5.90. The maximum Gasteiger partial charge on any atom is 0.325 e. The molecule has 0 fully saturated rings. The normalized spacial score (nSPS) is 11.3. The molecule has 0 bridgehead atoms. The van der Waals surface area contributed by atoms with Crippen LogP contribution < -0.4 is 9.47 Å². The van der Waals surface area contributed by atoms with Gasteiger partial charge < -0.3 is 9.64 Å². The molecule has 8 heteroatoms. The molecule has 0 unspecified atom stereocenters. The molecule has 0 spiro atoms. The summed E-state index contributed by atoms with van der Waals surface area (Å²) < 4.78 is 9.42. The van der Waals surface area contributed by atoms with Gasteiger partial charge in [-0.3, -0.25) is 4.79 Å². The number of azo groups is 1. The average molecular weight is 505 g/mol. The number of anilines is 1. The minimum Gasteiger partial charge on any atom is -0.464 e. The van der Waals surface area contributed by atoms with Crippen LogP contribution in [0.5, 0.6) is 0 Å². The Hall–Kier alpha value is -3.71. The van der Waals surface area contributed by atoms with Gasteiger partial charge in [-0.05, 0) is 42.3 Å². The Bertz CT molecular complexity index is 1350. The molecule has 0 N–H and O–H groups in total. The largest absolute Gasteiger partial charge is 0.464 e. The van der Waals surface area contributed by atoms with Gasteiger partial charge in [0.05, 0.1) is 26.4 Å². The lowest BCUT2D eigenvalue weighted by Gasteiger charge is -2.24. The van der Waals surface area contributed by atoms with E-state index in [-0.39, 0.29) is 12.5 Å². The molecule has 0 amide bonds. The predicted octanol–water partition coefficient (Wildman–Crippen LogP) is 6.42. The number of hydrogen-bond donors (Lipinski definition) is 0. The number of unbranched alkanes of at least 4 members (excludes halogenated alkanes) is 1. The topological polar surface area (TPSA) is 63.1 Å². The van der Waals surface area contributed by atoms with E-state index in [0.717, 1.165) is 35.1 Å². The number of aromatic nitrogens is 2. The number of rotatable bonds is 10. The molecule has 0 aliphatic rings. The third kappa shape index (κ3) is 6.29. The fourth-order valence-corrected chi connectivity index (χ4v) is 4.28. The summed E-state index contributed by atoms with van der Waals surface area (Å²) in [5.74, 6) is -0.233. The molecule has 0 saturated carbocycles. The molecule has 0 saturated heterocycles. The third-order valence-corrected chi connectivity index (χ3v) is 6.12. The Morgan fingerprint density at radius 2 is 1.83 bits per heavy atom. The van der Waals surface area contributed by atoms with E-state index < -0.39 is 0 Å². The molecule has 36 heavy (non-hydrogen) atoms. The number of halogens is 1. The fraction of sp³-hybridized carbons (Fsp3) is 0.286. The van der Waals surface area contributed by atoms with Crippen molar-refractivity contribution >= 4 is 45.7 Å². The van der Waals surface area contributed by atoms with Crippen molar-refractivity contribution < 1.29 is 14.1 Å². The van der Waals surface area contributed by atoms with E-state index in [1.807, 2.05) is 101 Å². The first kappa shape index (κ1) is 25.4. The zero-order valence-electron chi connectivity index (χ0n) is 20.9. The molecule has 1 aromatic heterocycles. The summed E-state index contributed by atoms with van der Waals surface area (Å²) in [5.41, 5.74) is 5.36. The molecule has 4 rings (SSSR count). The van der Waals surface area contributed by atoms with Crippen LogP contribution in [0.15, 0.2) is 83.3 Å². The van der Waals surface area contributed by atoms with Crippen molar-refractivity contribution in [3.05, 3.63) is 83.6 Å². The quantitative estimate of drug-likeness (QED) is 0.108. The number of nitrogens with zero attached hydrogens (tertiary/aromatic N) is 5. The van der Waals surface area contributed by atoms with Gasteiger partial charge in [0.25, 0.3) is 0 Å². The molecule has 0 radical (unpaired) electrons. The number of carbonyl (C=O) groups is 1. The van der Waals surface area contributed by atoms with Crippen LogP contribution >= 0.6 is 11.6 Å². The number of ether oxygens (including phenoxy) is 1. The zero-order chi connectivity index (χ0) is 25.5. The van der Waals surface area contributed by atoms with Crippen molar-refractivity contribution in [1.29, 1.82) is 0 Å². The van der Waals surface area contributed by atoms with Crippen LogP contribution in [0.3, 0.4) is 0 Å². The minimum atomic E-state index is -0.233. The zero-order valence-corrected chi connectivity index (χ0v) is 21.7. The lowest BCUT2D eigenvalue weighted by Crippen LogP contribution is -2.30. The molecule has 1 heterocycles. The summed E-state index contributed by atoms with van der Waals surface area (Å²) in [6.07, 6.45) is 3.83. The highest BCUT2D eigenvalue weighted by Crippen LogP contribution is 2.30. The second-order valence-electron chi connectivity index (χ2n) is 8.76. The molecule has 4 aromatic rings. The second kappa shape index (κ2) is 11.8. The van der Waals surface area contributed by atoms with Crippen molar-refractivity contribution in [2.45, 2.75) is 26.3 Å². The molecule has 0 aliphatic carbocycles. The summed E-state index contributed by atoms with van der Waals surface area (Å²) in [4.78, 5) is 14.5. The first-order chi connectivity index (χ1) is 17.4. The van der Waals surface area contributed by atoms with E-state index in [9.17, 15) is 4.79 Å². The molecule has 0 aliphatic heterocycles. The van der Waals surface area contributed by atoms with Crippen molar-refractivity contribution in [3.63, 3.8) is 0 Å². The highest BCUT2D eigenvalue weighted by molar-refractivity contribution is 6.31. The average Bonchev–Trinajstić information content (AvgIpc) is 3.16. The van der Waals surface area contributed by atoms with Crippen molar-refractivity contribution in [1.82, 2.24) is 4.57 Å². The Morgan fingerprint density at radius 1 is 1.08 bits per heavy atom. The molecular formula is C28H31ClN5O2+. The van der Waals surface area contributed by atoms with Gasteiger partial charge in [-0.1, -0.05) is 55.3 Å². The van der Waals surface area contributed by atoms with Gasteiger partial charge in [-0.2, -0.15) is 5.11 Å². The summed E-state index contributed by atoms with van der Waals surface area (Å²) in [7, 11) is 3.94. The van der Waals surface area contributed by atoms with E-state index in [1.165, 1.54) is 0 Å². The molecule has 0 atom stereocenters. The predicted molar refractivity (Wildman–Crippen MR) is 143 cm³/mol. The number of hydrogen-bond acceptors (Lipinski definition) is 5. The highest BCUT2D eigenvalue weighted by atomic mass is 35.5. The van der Waals surface area contributed by atoms with E-state index in [2.05, 4.69) is 17.2 Å². The van der Waals surface area contributed by atoms with Crippen LogP contribution in [0.2, 0.25) is 5.02 Å². The van der Waals surface area contributed by atoms with Gasteiger partial charge in [0, 0.05) is 23.3 Å². The maximum atomic E-state index is 12.5. The number of imidazole rings is 1. The number of fused-ring (bicyclic) bond motifs is 1. The highest BCUT2D eigenvalue weighted by Gasteiger charge is 2.17. The van der Waals surface area contributed by atoms with Gasteiger partial charge in [0.2, 0.25) is 11.8 Å². The summed E-state index contributed by atoms with van der Waals surface area (Å²) in [5, 5.41) is 9.55. The van der Waals surface area contributed by atoms with Crippen LogP contribution in [0.25, 0.3) is 11.0 Å². The Kier molecular flexibility index (Phi) is 8.33. The van der Waals surface area contributed by atoms with Crippen molar-refractivity contribution in [2.75, 3.05) is 18.1 Å². The van der Waals surface area contributed by atoms with Crippen molar-refractivity contribution in [3.8, 4) is 0 Å². The van der Waals surface area contributed by atoms with Gasteiger partial charge in [-0.15, -0.1) is 5.11 Å². The first-order valence-electron chi connectivity index (χ1n) is 12.0. The van der Waals surface area contributed by atoms with E-state index >= 15 is 0 Å². The number of esters is 1. The minimum absolute atomic E-state index is 0.171. The number of benzene rings is 3. The number of carbonyl (C=O) groups excluding carboxylic acids is 1. The second-order valence-corrected chi connectivity index (χ2v) is 9.20. The van der Waals surface area contributed by atoms with E-state index in [1.54, 1.807) is 0 Å². The Morgan fingerprint density at radius 3 is 2.56 bits per heavy atom. The maximum absolute atomic E-state index is 12.5. The van der Waals surface area contributed by atoms with Crippen molar-refractivity contribution in [2.24, 2.45) is 24.3 Å². The van der Waals surface area contributed by atoms with E-state index in [0.29, 0.717) is 29.5 Å². The Balaban J connectivity index is 1.54. The standard InChI is InChI=1S/C28H31ClN5O2/c1-4-5-15-36-27(35)19-34(18-21-9-7-6-8-10-21)24-13-11-23(12-14-24)30-31-25-16-22(29)17-26-28(25)33(3)20-32(26)2/h6-14,16-17,20H,4-5,15,18-19H2,1-3H3/q+1. The number of aryl methyl sites for hydroxylation is 2. The van der Waals surface area contributed by atoms with Gasteiger partial charge in [0.1, 0.15) is 12.2 Å². The lowest BCUT2D eigenvalue weighted by molar-refractivity contribution is -0.645. The monoisotopic (exact) mass is 504 g/mol. The lowest BCUT2D eigenvalue weighted by atomic mass is 10.2. The van der Waals surface area contributed by atoms with Crippen LogP contribution in [0.4, 0.5) is 17.1 Å². The SMILES string of the molecule is CCCCOC(=O)CN(Cc1ccccc1)c1ccc(N=Nc2cc(Cl)cc3c2[n+](C)cn3C)cc1. The van der Waals surface area contributed by atoms with Gasteiger partial charge >= 0.3 is 5.97 Å². The summed E-state index contributed by atoms with van der Waals surface area (Å²) in [6, 6.07) is 21.5. The molecule has 3 aromatic carbocycles. The molecule has 186 valence electrons. The van der Waals surface area contributed by atoms with E-state index in [4.69, 9.17) is 16.3 Å². The van der Waals surface area contributed by atoms with Crippen LogP contribution in [0, 0.1) is 0 Å². The first-order valence-corrected chi connectivity index (χ1v) is 12.4. The molecular weight excluding hydrogens is 474 g/mol. The van der Waals surface area contributed by atoms with Gasteiger partial charge in [0.15, 0.2) is 5.52 Å². The van der Waals surface area contributed by atoms with Crippen LogP contribution in [-0.2, 0) is 30.2 Å². The van der Waals surface area contributed by atoms with Gasteiger partial charge in [-0.25, -0.2) is 9.13 Å². The van der Waals surface area contributed by atoms with Crippen LogP contribution in [-0.4, -0.2) is 23.7 Å². The summed E-state index contributed by atoms with van der Waals surface area (Å²) in [6.45, 7) is 3.28. The fourth-order valence-electron chi connectivity index (χ4n) is 4.07. The summed E-state index contributed by atoms with van der Waals surface area (Å²) >= 11 is 6.32. The molecule has 7 nitrogen and oxygen atoms in total. The Labute approximate surface area is 216 Å². The smallest absolute Gasteiger partial charge is 0.325 e. The van der Waals surface area contributed by atoms with Crippen LogP contribution in [0.1, 0.15) is 25.3 Å².